The second-order valence-electron chi connectivity index (χ2n) is 4.59. The third-order valence-corrected chi connectivity index (χ3v) is 3.12. The highest BCUT2D eigenvalue weighted by Gasteiger charge is 2.12. The fraction of sp³-hybridized carbons (Fsp3) is 0. The Morgan fingerprint density at radius 2 is 1.68 bits per heavy atom. The molecule has 0 radical (unpaired) electrons. The maximum absolute atomic E-state index is 12.0. The van der Waals surface area contributed by atoms with E-state index in [1.54, 1.807) is 0 Å². The Bertz CT molecular complexity index is 956. The van der Waals surface area contributed by atoms with Gasteiger partial charge in [-0.05, 0) is 17.9 Å². The molecule has 1 aromatic heterocycles. The molecule has 112 valence electrons. The van der Waals surface area contributed by atoms with Crippen LogP contribution in [0.4, 0.5) is 0 Å². The second kappa shape index (κ2) is 4.59. The first kappa shape index (κ1) is 13.6. The SMILES string of the molecule is O=c1c([O-])c(-c2ccc([O-])c(O)c2)oc2cc(O)cc([O-])c12. The molecule has 0 unspecified atom stereocenters. The van der Waals surface area contributed by atoms with Crippen molar-refractivity contribution in [3.63, 3.8) is 0 Å². The van der Waals surface area contributed by atoms with Gasteiger partial charge < -0.3 is 29.9 Å². The number of hydrogen-bond acceptors (Lipinski definition) is 7. The van der Waals surface area contributed by atoms with Crippen LogP contribution in [0, 0.1) is 0 Å². The van der Waals surface area contributed by atoms with Crippen LogP contribution in [0.1, 0.15) is 0 Å². The zero-order valence-electron chi connectivity index (χ0n) is 10.8. The summed E-state index contributed by atoms with van der Waals surface area (Å²) in [6.45, 7) is 0. The largest absolute Gasteiger partial charge is 0.872 e. The van der Waals surface area contributed by atoms with E-state index in [9.17, 15) is 30.3 Å². The Morgan fingerprint density at radius 3 is 2.36 bits per heavy atom. The number of benzene rings is 2. The Hall–Kier alpha value is -3.35. The summed E-state index contributed by atoms with van der Waals surface area (Å²) in [5.74, 6) is -4.02. The van der Waals surface area contributed by atoms with Crippen molar-refractivity contribution in [1.82, 2.24) is 0 Å². The minimum atomic E-state index is -1.08. The first-order valence-electron chi connectivity index (χ1n) is 6.06. The van der Waals surface area contributed by atoms with E-state index in [0.29, 0.717) is 0 Å². The lowest BCUT2D eigenvalue weighted by Crippen LogP contribution is -2.13. The lowest BCUT2D eigenvalue weighted by molar-refractivity contribution is -0.272. The summed E-state index contributed by atoms with van der Waals surface area (Å²) in [6, 6.07) is 5.03. The molecular weight excluding hydrogens is 292 g/mol. The van der Waals surface area contributed by atoms with Crippen molar-refractivity contribution in [2.24, 2.45) is 0 Å². The van der Waals surface area contributed by atoms with Gasteiger partial charge in [-0.2, -0.15) is 0 Å². The van der Waals surface area contributed by atoms with Gasteiger partial charge in [-0.25, -0.2) is 0 Å². The number of phenols is 2. The molecule has 0 saturated heterocycles. The van der Waals surface area contributed by atoms with Crippen molar-refractivity contribution < 1.29 is 29.9 Å². The number of fused-ring (bicyclic) bond motifs is 1. The molecule has 22 heavy (non-hydrogen) atoms. The van der Waals surface area contributed by atoms with E-state index in [2.05, 4.69) is 0 Å². The molecule has 2 N–H and O–H groups in total. The molecule has 0 aliphatic heterocycles. The van der Waals surface area contributed by atoms with Crippen LogP contribution in [-0.4, -0.2) is 10.2 Å². The minimum absolute atomic E-state index is 0.0110. The fourth-order valence-corrected chi connectivity index (χ4v) is 2.10. The average molecular weight is 299 g/mol. The summed E-state index contributed by atoms with van der Waals surface area (Å²) in [6.07, 6.45) is 0. The number of rotatable bonds is 1. The molecule has 0 bridgehead atoms. The van der Waals surface area contributed by atoms with E-state index in [4.69, 9.17) is 4.42 Å². The maximum atomic E-state index is 12.0. The first-order valence-corrected chi connectivity index (χ1v) is 6.06. The highest BCUT2D eigenvalue weighted by molar-refractivity contribution is 5.87. The first-order chi connectivity index (χ1) is 10.4. The van der Waals surface area contributed by atoms with Gasteiger partial charge in [0.1, 0.15) is 22.8 Å². The topological polar surface area (TPSA) is 140 Å². The zero-order chi connectivity index (χ0) is 16.0. The second-order valence-corrected chi connectivity index (χ2v) is 4.59. The summed E-state index contributed by atoms with van der Waals surface area (Å²) in [5, 5.41) is 53.2. The van der Waals surface area contributed by atoms with Crippen LogP contribution < -0.4 is 20.7 Å². The van der Waals surface area contributed by atoms with Gasteiger partial charge in [0, 0.05) is 11.6 Å². The summed E-state index contributed by atoms with van der Waals surface area (Å²) in [4.78, 5) is 12.0. The summed E-state index contributed by atoms with van der Waals surface area (Å²) < 4.78 is 5.23. The Morgan fingerprint density at radius 1 is 0.955 bits per heavy atom. The van der Waals surface area contributed by atoms with Crippen LogP contribution in [0.15, 0.2) is 39.5 Å². The molecule has 0 aliphatic carbocycles. The van der Waals surface area contributed by atoms with Gasteiger partial charge in [-0.15, -0.1) is 0 Å². The number of phenolic OH excluding ortho intramolecular Hbond substituents is 2. The van der Waals surface area contributed by atoms with Crippen LogP contribution >= 0.6 is 0 Å². The van der Waals surface area contributed by atoms with Crippen molar-refractivity contribution in [2.45, 2.75) is 0 Å². The van der Waals surface area contributed by atoms with Crippen LogP contribution in [-0.2, 0) is 0 Å². The molecule has 1 heterocycles. The molecule has 0 fully saturated rings. The van der Waals surface area contributed by atoms with Crippen LogP contribution in [0.3, 0.4) is 0 Å². The third kappa shape index (κ3) is 1.96. The molecule has 7 nitrogen and oxygen atoms in total. The van der Waals surface area contributed by atoms with Crippen molar-refractivity contribution >= 4 is 11.0 Å². The van der Waals surface area contributed by atoms with E-state index in [1.807, 2.05) is 0 Å². The number of aromatic hydroxyl groups is 2. The highest BCUT2D eigenvalue weighted by atomic mass is 16.4. The van der Waals surface area contributed by atoms with Gasteiger partial charge in [-0.3, -0.25) is 4.79 Å². The molecule has 7 heteroatoms. The van der Waals surface area contributed by atoms with Gasteiger partial charge in [0.05, 0.1) is 5.39 Å². The number of hydrogen-bond donors (Lipinski definition) is 2. The van der Waals surface area contributed by atoms with E-state index in [1.165, 1.54) is 6.07 Å². The van der Waals surface area contributed by atoms with Crippen LogP contribution in [0.2, 0.25) is 0 Å². The summed E-state index contributed by atoms with van der Waals surface area (Å²) in [5.41, 5.74) is -1.32. The van der Waals surface area contributed by atoms with Gasteiger partial charge >= 0.3 is 0 Å². The molecule has 0 amide bonds. The monoisotopic (exact) mass is 299 g/mol. The maximum Gasteiger partial charge on any atom is 0.184 e. The lowest BCUT2D eigenvalue weighted by Gasteiger charge is -2.17. The minimum Gasteiger partial charge on any atom is -0.872 e. The molecule has 2 aromatic carbocycles. The van der Waals surface area contributed by atoms with E-state index >= 15 is 0 Å². The predicted molar refractivity (Wildman–Crippen MR) is 69.6 cm³/mol. The van der Waals surface area contributed by atoms with Gasteiger partial charge in [0.15, 0.2) is 5.43 Å². The third-order valence-electron chi connectivity index (χ3n) is 3.12. The summed E-state index contributed by atoms with van der Waals surface area (Å²) >= 11 is 0. The van der Waals surface area contributed by atoms with Gasteiger partial charge in [-0.1, -0.05) is 23.6 Å². The zero-order valence-corrected chi connectivity index (χ0v) is 10.8. The highest BCUT2D eigenvalue weighted by Crippen LogP contribution is 2.35. The van der Waals surface area contributed by atoms with Crippen molar-refractivity contribution in [3.8, 4) is 40.1 Å². The summed E-state index contributed by atoms with van der Waals surface area (Å²) in [7, 11) is 0. The van der Waals surface area contributed by atoms with Crippen molar-refractivity contribution in [3.05, 3.63) is 40.6 Å². The smallest absolute Gasteiger partial charge is 0.184 e. The molecule has 0 aliphatic rings. The molecule has 0 atom stereocenters. The molecule has 0 spiro atoms. The standard InChI is InChI=1S/C15H10O7/c16-7-4-10(19)12-11(5-7)22-15(14(21)13(12)20)6-1-2-8(17)9(18)3-6/h1-5,16-19,21H/p-3. The quantitative estimate of drug-likeness (QED) is 0.648. The van der Waals surface area contributed by atoms with E-state index < -0.39 is 45.3 Å². The molecule has 3 rings (SSSR count). The predicted octanol–water partition coefficient (Wildman–Crippen LogP) is 0.0920. The van der Waals surface area contributed by atoms with Crippen molar-refractivity contribution in [1.29, 1.82) is 0 Å². The van der Waals surface area contributed by atoms with Gasteiger partial charge in [0.25, 0.3) is 0 Å². The lowest BCUT2D eigenvalue weighted by atomic mass is 10.1. The molecule has 3 aromatic rings. The Kier molecular flexibility index (Phi) is 2.84. The molecule has 0 saturated carbocycles. The Balaban J connectivity index is 2.38. The van der Waals surface area contributed by atoms with Crippen molar-refractivity contribution in [2.75, 3.05) is 0 Å². The molecular formula is C15H7O7-3. The average Bonchev–Trinajstić information content (AvgIpc) is 2.45. The fourth-order valence-electron chi connectivity index (χ4n) is 2.10. The van der Waals surface area contributed by atoms with Gasteiger partial charge in [0.2, 0.25) is 0 Å². The normalized spacial score (nSPS) is 10.9. The van der Waals surface area contributed by atoms with E-state index in [-0.39, 0.29) is 11.1 Å². The Labute approximate surface area is 122 Å². The van der Waals surface area contributed by atoms with Crippen LogP contribution in [0.25, 0.3) is 22.3 Å². The van der Waals surface area contributed by atoms with E-state index in [0.717, 1.165) is 24.3 Å². The van der Waals surface area contributed by atoms with Crippen LogP contribution in [0.5, 0.6) is 28.7 Å².